The summed E-state index contributed by atoms with van der Waals surface area (Å²) < 4.78 is 26.4. The molecule has 2 heterocycles. The first-order valence-electron chi connectivity index (χ1n) is 9.02. The van der Waals surface area contributed by atoms with Crippen molar-refractivity contribution in [2.75, 3.05) is 19.1 Å². The molecule has 7 nitrogen and oxygen atoms in total. The van der Waals surface area contributed by atoms with Gasteiger partial charge in [-0.25, -0.2) is 4.79 Å². The number of nitrogens with one attached hydrogen (secondary N) is 1. The number of fused-ring (bicyclic) bond motifs is 1. The van der Waals surface area contributed by atoms with Crippen LogP contribution < -0.4 is 5.32 Å². The molecule has 0 unspecified atom stereocenters. The second-order valence-corrected chi connectivity index (χ2v) is 9.51. The summed E-state index contributed by atoms with van der Waals surface area (Å²) in [5, 5.41) is 2.89. The molecule has 0 aromatic heterocycles. The predicted molar refractivity (Wildman–Crippen MR) is 101 cm³/mol. The first-order chi connectivity index (χ1) is 12.9. The molecule has 27 heavy (non-hydrogen) atoms. The highest BCUT2D eigenvalue weighted by molar-refractivity contribution is 6.67. The Labute approximate surface area is 178 Å². The van der Waals surface area contributed by atoms with Crippen LogP contribution in [0.4, 0.5) is 4.79 Å². The molecular weight excluding hydrogens is 444 g/mol. The van der Waals surface area contributed by atoms with Gasteiger partial charge in [-0.05, 0) is 12.8 Å². The van der Waals surface area contributed by atoms with E-state index < -0.39 is 40.8 Å². The lowest BCUT2D eigenvalue weighted by atomic mass is 9.96. The Morgan fingerprint density at radius 3 is 2.56 bits per heavy atom. The number of alkyl carbamates (subject to hydrolysis) is 1. The Hall–Kier alpha value is 0.270. The lowest BCUT2D eigenvalue weighted by Gasteiger charge is -2.37. The van der Waals surface area contributed by atoms with Gasteiger partial charge in [0.05, 0.1) is 13.2 Å². The molecule has 1 N–H and O–H groups in total. The number of alkyl halides is 4. The smallest absolute Gasteiger partial charge is 0.407 e. The molecule has 5 atom stereocenters. The number of rotatable bonds is 5. The summed E-state index contributed by atoms with van der Waals surface area (Å²) in [7, 11) is 0. The van der Waals surface area contributed by atoms with E-state index in [4.69, 9.17) is 70.1 Å². The molecule has 2 aliphatic heterocycles. The number of hydrogen-bond donors (Lipinski definition) is 1. The van der Waals surface area contributed by atoms with Crippen LogP contribution in [-0.2, 0) is 23.7 Å². The van der Waals surface area contributed by atoms with Gasteiger partial charge in [0.1, 0.15) is 12.2 Å². The summed E-state index contributed by atoms with van der Waals surface area (Å²) in [4.78, 5) is 12.4. The minimum Gasteiger partial charge on any atom is -0.438 e. The fourth-order valence-corrected chi connectivity index (χ4v) is 3.91. The number of amides is 1. The second kappa shape index (κ2) is 9.85. The lowest BCUT2D eigenvalue weighted by molar-refractivity contribution is -0.248. The van der Waals surface area contributed by atoms with Crippen molar-refractivity contribution in [1.29, 1.82) is 0 Å². The Balaban J connectivity index is 1.65. The first-order valence-corrected chi connectivity index (χ1v) is 10.7. The summed E-state index contributed by atoms with van der Waals surface area (Å²) in [6.07, 6.45) is 0.616. The van der Waals surface area contributed by atoms with Crippen LogP contribution >= 0.6 is 46.4 Å². The standard InChI is InChI=1S/C16H23Cl4NO6/c17-6-7-23-13-12(27-15(22)21-9-4-2-1-3-5-9)11-10(8-24-13)25-14(26-11)16(18,19)20/h9-14H,1-8H2,(H,21,22)/t10-,11-,12+,13+,14+/m1/s1. The highest BCUT2D eigenvalue weighted by Crippen LogP contribution is 2.41. The Kier molecular flexibility index (Phi) is 8.01. The van der Waals surface area contributed by atoms with Crippen LogP contribution in [0.5, 0.6) is 0 Å². The highest BCUT2D eigenvalue weighted by Gasteiger charge is 2.55. The SMILES string of the molecule is O=C(NC1CCCCC1)O[C@@H]1[C@@H](OCCCl)OC[C@H]2O[C@H](C(Cl)(Cl)Cl)O[C@@H]12. The Morgan fingerprint density at radius 1 is 1.15 bits per heavy atom. The molecule has 3 fully saturated rings. The predicted octanol–water partition coefficient (Wildman–Crippen LogP) is 3.51. The molecule has 3 aliphatic rings. The molecule has 0 aromatic rings. The van der Waals surface area contributed by atoms with E-state index in [1.165, 1.54) is 6.42 Å². The van der Waals surface area contributed by atoms with Crippen molar-refractivity contribution >= 4 is 52.5 Å². The maximum absolute atomic E-state index is 12.4. The van der Waals surface area contributed by atoms with E-state index in [0.29, 0.717) is 0 Å². The van der Waals surface area contributed by atoms with Crippen LogP contribution in [0, 0.1) is 0 Å². The van der Waals surface area contributed by atoms with Gasteiger partial charge in [-0.2, -0.15) is 0 Å². The van der Waals surface area contributed by atoms with E-state index >= 15 is 0 Å². The number of carbonyl (C=O) groups excluding carboxylic acids is 1. The van der Waals surface area contributed by atoms with E-state index in [0.717, 1.165) is 25.7 Å². The first kappa shape index (κ1) is 22.0. The van der Waals surface area contributed by atoms with Crippen LogP contribution in [0.25, 0.3) is 0 Å². The van der Waals surface area contributed by atoms with Crippen LogP contribution in [-0.4, -0.2) is 65.9 Å². The quantitative estimate of drug-likeness (QED) is 0.625. The van der Waals surface area contributed by atoms with Crippen LogP contribution in [0.1, 0.15) is 32.1 Å². The second-order valence-electron chi connectivity index (χ2n) is 6.76. The van der Waals surface area contributed by atoms with E-state index in [1.54, 1.807) is 0 Å². The van der Waals surface area contributed by atoms with Gasteiger partial charge in [-0.3, -0.25) is 0 Å². The molecular formula is C16H23Cl4NO6. The lowest BCUT2D eigenvalue weighted by Crippen LogP contribution is -2.55. The zero-order chi connectivity index (χ0) is 19.4. The van der Waals surface area contributed by atoms with Gasteiger partial charge in [0.25, 0.3) is 0 Å². The average molecular weight is 467 g/mol. The third kappa shape index (κ3) is 5.89. The van der Waals surface area contributed by atoms with Crippen molar-refractivity contribution in [3.63, 3.8) is 0 Å². The minimum atomic E-state index is -1.78. The van der Waals surface area contributed by atoms with Crippen molar-refractivity contribution in [3.8, 4) is 0 Å². The molecule has 3 rings (SSSR count). The average Bonchev–Trinajstić information content (AvgIpc) is 3.07. The maximum atomic E-state index is 12.4. The fourth-order valence-electron chi connectivity index (χ4n) is 3.51. The number of ether oxygens (including phenoxy) is 5. The van der Waals surface area contributed by atoms with Crippen LogP contribution in [0.15, 0.2) is 0 Å². The van der Waals surface area contributed by atoms with Gasteiger partial charge >= 0.3 is 6.09 Å². The topological polar surface area (TPSA) is 75.3 Å². The summed E-state index contributed by atoms with van der Waals surface area (Å²) in [6.45, 7) is 0.376. The van der Waals surface area contributed by atoms with E-state index in [9.17, 15) is 4.79 Å². The Morgan fingerprint density at radius 2 is 1.89 bits per heavy atom. The summed E-state index contributed by atoms with van der Waals surface area (Å²) in [6, 6.07) is 0.100. The summed E-state index contributed by atoms with van der Waals surface area (Å²) >= 11 is 23.3. The fraction of sp³-hybridized carbons (Fsp3) is 0.938. The van der Waals surface area contributed by atoms with E-state index in [2.05, 4.69) is 5.32 Å². The van der Waals surface area contributed by atoms with Crippen molar-refractivity contribution in [2.24, 2.45) is 0 Å². The third-order valence-electron chi connectivity index (χ3n) is 4.76. The van der Waals surface area contributed by atoms with Gasteiger partial charge in [0, 0.05) is 11.9 Å². The third-order valence-corrected chi connectivity index (χ3v) is 5.45. The normalized spacial score (nSPS) is 34.9. The molecule has 2 saturated heterocycles. The van der Waals surface area contributed by atoms with Crippen LogP contribution in [0.2, 0.25) is 0 Å². The van der Waals surface area contributed by atoms with Gasteiger partial charge in [-0.1, -0.05) is 54.1 Å². The van der Waals surface area contributed by atoms with E-state index in [1.807, 2.05) is 0 Å². The summed E-state index contributed by atoms with van der Waals surface area (Å²) in [5.41, 5.74) is 0. The summed E-state index contributed by atoms with van der Waals surface area (Å²) in [5.74, 6) is 0.267. The molecule has 0 bridgehead atoms. The molecule has 11 heteroatoms. The minimum absolute atomic E-state index is 0.100. The number of carbonyl (C=O) groups is 1. The van der Waals surface area contributed by atoms with Gasteiger partial charge in [-0.15, -0.1) is 11.6 Å². The van der Waals surface area contributed by atoms with Gasteiger partial charge < -0.3 is 29.0 Å². The largest absolute Gasteiger partial charge is 0.438 e. The number of halogens is 4. The number of hydrogen-bond acceptors (Lipinski definition) is 6. The maximum Gasteiger partial charge on any atom is 0.407 e. The zero-order valence-corrected chi connectivity index (χ0v) is 17.6. The molecule has 1 amide bonds. The monoisotopic (exact) mass is 465 g/mol. The molecule has 0 radical (unpaired) electrons. The van der Waals surface area contributed by atoms with Gasteiger partial charge in [0.15, 0.2) is 12.4 Å². The zero-order valence-electron chi connectivity index (χ0n) is 14.6. The molecule has 0 aromatic carbocycles. The van der Waals surface area contributed by atoms with Crippen molar-refractivity contribution in [1.82, 2.24) is 5.32 Å². The van der Waals surface area contributed by atoms with Crippen molar-refractivity contribution in [2.45, 2.75) is 72.8 Å². The van der Waals surface area contributed by atoms with Crippen molar-refractivity contribution < 1.29 is 28.5 Å². The van der Waals surface area contributed by atoms with Gasteiger partial charge in [0.2, 0.25) is 10.1 Å². The van der Waals surface area contributed by atoms with Crippen molar-refractivity contribution in [3.05, 3.63) is 0 Å². The molecule has 1 saturated carbocycles. The molecule has 0 spiro atoms. The Bertz CT molecular complexity index is 502. The van der Waals surface area contributed by atoms with E-state index in [-0.39, 0.29) is 25.1 Å². The van der Waals surface area contributed by atoms with Crippen LogP contribution in [0.3, 0.4) is 0 Å². The molecule has 1 aliphatic carbocycles. The highest BCUT2D eigenvalue weighted by atomic mass is 35.6. The molecule has 156 valence electrons.